The minimum Gasteiger partial charge on any atom is -0.361 e. The zero-order chi connectivity index (χ0) is 18.7. The van der Waals surface area contributed by atoms with Crippen LogP contribution in [0.25, 0.3) is 10.9 Å². The molecule has 2 heterocycles. The molecule has 3 N–H and O–H groups in total. The van der Waals surface area contributed by atoms with E-state index in [-0.39, 0.29) is 18.0 Å². The predicted octanol–water partition coefficient (Wildman–Crippen LogP) is 2.97. The number of hydrogen-bond donors (Lipinski definition) is 3. The van der Waals surface area contributed by atoms with Gasteiger partial charge in [0.25, 0.3) is 0 Å². The third-order valence-corrected chi connectivity index (χ3v) is 4.76. The third kappa shape index (κ3) is 4.64. The van der Waals surface area contributed by atoms with Gasteiger partial charge in [0.2, 0.25) is 5.91 Å². The average Bonchev–Trinajstić information content (AvgIpc) is 2.97. The Hall–Kier alpha value is -2.34. The van der Waals surface area contributed by atoms with E-state index < -0.39 is 6.03 Å². The lowest BCUT2D eigenvalue weighted by Crippen LogP contribution is -2.50. The van der Waals surface area contributed by atoms with Gasteiger partial charge in [0.05, 0.1) is 6.54 Å². The minimum absolute atomic E-state index is 0.253. The molecular formula is C20H28N4O2. The van der Waals surface area contributed by atoms with Gasteiger partial charge in [-0.25, -0.2) is 4.79 Å². The number of nitrogens with zero attached hydrogens (tertiary/aromatic N) is 1. The maximum absolute atomic E-state index is 12.1. The number of carbonyl (C=O) groups is 2. The van der Waals surface area contributed by atoms with Gasteiger partial charge in [-0.05, 0) is 64.3 Å². The highest BCUT2D eigenvalue weighted by atomic mass is 16.2. The van der Waals surface area contributed by atoms with E-state index in [4.69, 9.17) is 0 Å². The van der Waals surface area contributed by atoms with Crippen LogP contribution in [-0.4, -0.2) is 47.0 Å². The molecule has 6 heteroatoms. The number of piperidine rings is 1. The van der Waals surface area contributed by atoms with Crippen molar-refractivity contribution < 1.29 is 9.59 Å². The van der Waals surface area contributed by atoms with Crippen molar-refractivity contribution in [2.45, 2.75) is 45.1 Å². The van der Waals surface area contributed by atoms with E-state index in [0.717, 1.165) is 25.9 Å². The number of carbonyl (C=O) groups excluding carboxylic acids is 2. The number of aromatic amines is 1. The lowest BCUT2D eigenvalue weighted by atomic mass is 9.89. The third-order valence-electron chi connectivity index (χ3n) is 4.76. The first-order valence-corrected chi connectivity index (χ1v) is 9.22. The van der Waals surface area contributed by atoms with Crippen LogP contribution >= 0.6 is 0 Å². The van der Waals surface area contributed by atoms with Crippen molar-refractivity contribution in [3.05, 3.63) is 36.0 Å². The van der Waals surface area contributed by atoms with Crippen molar-refractivity contribution in [2.75, 3.05) is 19.6 Å². The molecule has 0 atom stereocenters. The lowest BCUT2D eigenvalue weighted by Gasteiger charge is -2.31. The summed E-state index contributed by atoms with van der Waals surface area (Å²) in [5.41, 5.74) is 2.19. The summed E-state index contributed by atoms with van der Waals surface area (Å²) in [5, 5.41) is 6.44. The lowest BCUT2D eigenvalue weighted by molar-refractivity contribution is -0.121. The van der Waals surface area contributed by atoms with Gasteiger partial charge in [0.1, 0.15) is 0 Å². The Morgan fingerprint density at radius 3 is 2.58 bits per heavy atom. The molecule has 1 aromatic carbocycles. The second-order valence-electron chi connectivity index (χ2n) is 8.09. The van der Waals surface area contributed by atoms with Gasteiger partial charge in [-0.2, -0.15) is 0 Å². The number of H-pyrrole nitrogens is 1. The number of imide groups is 1. The Balaban J connectivity index is 1.49. The van der Waals surface area contributed by atoms with E-state index >= 15 is 0 Å². The first-order chi connectivity index (χ1) is 12.3. The Morgan fingerprint density at radius 2 is 1.88 bits per heavy atom. The van der Waals surface area contributed by atoms with Crippen LogP contribution in [0.4, 0.5) is 4.79 Å². The molecule has 1 aliphatic rings. The SMILES string of the molecule is CC(C)(C)NC(=O)NC(=O)CN1CCC(c2c[nH]c3ccccc23)CC1. The normalized spacial score (nSPS) is 16.6. The average molecular weight is 356 g/mol. The molecule has 0 bridgehead atoms. The van der Waals surface area contributed by atoms with Crippen molar-refractivity contribution in [1.82, 2.24) is 20.5 Å². The molecule has 0 unspecified atom stereocenters. The fraction of sp³-hybridized carbons (Fsp3) is 0.500. The molecule has 0 radical (unpaired) electrons. The molecule has 6 nitrogen and oxygen atoms in total. The van der Waals surface area contributed by atoms with E-state index in [2.05, 4.69) is 44.9 Å². The van der Waals surface area contributed by atoms with Crippen molar-refractivity contribution in [3.63, 3.8) is 0 Å². The summed E-state index contributed by atoms with van der Waals surface area (Å²) in [4.78, 5) is 29.3. The van der Waals surface area contributed by atoms with Gasteiger partial charge in [-0.15, -0.1) is 0 Å². The topological polar surface area (TPSA) is 77.2 Å². The van der Waals surface area contributed by atoms with Crippen LogP contribution in [0, 0.1) is 0 Å². The van der Waals surface area contributed by atoms with Gasteiger partial charge >= 0.3 is 6.03 Å². The van der Waals surface area contributed by atoms with Gasteiger partial charge in [-0.1, -0.05) is 18.2 Å². The molecule has 1 aliphatic heterocycles. The van der Waals surface area contributed by atoms with Crippen LogP contribution in [0.1, 0.15) is 45.1 Å². The Bertz CT molecular complexity index is 782. The standard InChI is InChI=1S/C20H28N4O2/c1-20(2,3)23-19(26)22-18(25)13-24-10-8-14(9-11-24)16-12-21-17-7-5-4-6-15(16)17/h4-7,12,14,21H,8-11,13H2,1-3H3,(H2,22,23,25,26). The highest BCUT2D eigenvalue weighted by Crippen LogP contribution is 2.32. The molecule has 140 valence electrons. The zero-order valence-corrected chi connectivity index (χ0v) is 15.8. The van der Waals surface area contributed by atoms with E-state index in [9.17, 15) is 9.59 Å². The highest BCUT2D eigenvalue weighted by molar-refractivity contribution is 5.95. The van der Waals surface area contributed by atoms with Crippen LogP contribution in [0.3, 0.4) is 0 Å². The number of benzene rings is 1. The molecule has 26 heavy (non-hydrogen) atoms. The zero-order valence-electron chi connectivity index (χ0n) is 15.8. The summed E-state index contributed by atoms with van der Waals surface area (Å²) < 4.78 is 0. The molecule has 1 saturated heterocycles. The Labute approximate surface area is 154 Å². The number of hydrogen-bond acceptors (Lipinski definition) is 3. The van der Waals surface area contributed by atoms with E-state index in [0.29, 0.717) is 5.92 Å². The Morgan fingerprint density at radius 1 is 1.19 bits per heavy atom. The monoisotopic (exact) mass is 356 g/mol. The number of nitrogens with one attached hydrogen (secondary N) is 3. The summed E-state index contributed by atoms with van der Waals surface area (Å²) in [6.45, 7) is 7.63. The van der Waals surface area contributed by atoms with E-state index in [1.807, 2.05) is 26.8 Å². The van der Waals surface area contributed by atoms with Crippen molar-refractivity contribution in [2.24, 2.45) is 0 Å². The van der Waals surface area contributed by atoms with E-state index in [1.165, 1.54) is 16.5 Å². The summed E-state index contributed by atoms with van der Waals surface area (Å²) in [7, 11) is 0. The van der Waals surface area contributed by atoms with Gasteiger partial charge in [0.15, 0.2) is 0 Å². The quantitative estimate of drug-likeness (QED) is 0.791. The first kappa shape index (κ1) is 18.5. The number of likely N-dealkylation sites (tertiary alicyclic amines) is 1. The molecule has 0 spiro atoms. The second-order valence-corrected chi connectivity index (χ2v) is 8.09. The fourth-order valence-corrected chi connectivity index (χ4v) is 3.57. The molecule has 0 aliphatic carbocycles. The molecule has 0 saturated carbocycles. The summed E-state index contributed by atoms with van der Waals surface area (Å²) >= 11 is 0. The largest absolute Gasteiger partial charge is 0.361 e. The minimum atomic E-state index is -0.434. The summed E-state index contributed by atoms with van der Waals surface area (Å²) in [6.07, 6.45) is 4.15. The molecule has 1 fully saturated rings. The first-order valence-electron chi connectivity index (χ1n) is 9.22. The molecule has 3 rings (SSSR count). The second kappa shape index (κ2) is 7.50. The Kier molecular flexibility index (Phi) is 5.32. The number of aromatic nitrogens is 1. The fourth-order valence-electron chi connectivity index (χ4n) is 3.57. The van der Waals surface area contributed by atoms with Crippen LogP contribution in [0.5, 0.6) is 0 Å². The number of urea groups is 1. The van der Waals surface area contributed by atoms with Gasteiger partial charge in [0, 0.05) is 22.6 Å². The number of amides is 3. The molecule has 1 aromatic heterocycles. The number of fused-ring (bicyclic) bond motifs is 1. The van der Waals surface area contributed by atoms with Crippen LogP contribution in [-0.2, 0) is 4.79 Å². The smallest absolute Gasteiger partial charge is 0.321 e. The molecular weight excluding hydrogens is 328 g/mol. The molecule has 3 amide bonds. The number of rotatable bonds is 3. The summed E-state index contributed by atoms with van der Waals surface area (Å²) in [5.74, 6) is 0.256. The van der Waals surface area contributed by atoms with Crippen molar-refractivity contribution >= 4 is 22.8 Å². The van der Waals surface area contributed by atoms with E-state index in [1.54, 1.807) is 0 Å². The van der Waals surface area contributed by atoms with Crippen molar-refractivity contribution in [1.29, 1.82) is 0 Å². The predicted molar refractivity (Wildman–Crippen MR) is 103 cm³/mol. The van der Waals surface area contributed by atoms with Crippen molar-refractivity contribution in [3.8, 4) is 0 Å². The van der Waals surface area contributed by atoms with Gasteiger partial charge in [-0.3, -0.25) is 15.0 Å². The van der Waals surface area contributed by atoms with Crippen LogP contribution in [0.2, 0.25) is 0 Å². The van der Waals surface area contributed by atoms with Gasteiger partial charge < -0.3 is 10.3 Å². The maximum Gasteiger partial charge on any atom is 0.321 e. The van der Waals surface area contributed by atoms with Crippen LogP contribution in [0.15, 0.2) is 30.5 Å². The summed E-state index contributed by atoms with van der Waals surface area (Å²) in [6, 6.07) is 7.94. The maximum atomic E-state index is 12.1. The molecule has 2 aromatic rings. The number of para-hydroxylation sites is 1. The highest BCUT2D eigenvalue weighted by Gasteiger charge is 2.24. The van der Waals surface area contributed by atoms with Crippen LogP contribution < -0.4 is 10.6 Å².